The Bertz CT molecular complexity index is 1900. The van der Waals surface area contributed by atoms with Crippen molar-refractivity contribution >= 4 is 42.5 Å². The molecule has 0 radical (unpaired) electrons. The molecule has 2 aromatic heterocycles. The zero-order chi connectivity index (χ0) is 33.1. The van der Waals surface area contributed by atoms with Crippen molar-refractivity contribution in [3.8, 4) is 15.8 Å². The summed E-state index contributed by atoms with van der Waals surface area (Å²) < 4.78 is 65.3. The summed E-state index contributed by atoms with van der Waals surface area (Å²) in [5.74, 6) is 0. The maximum absolute atomic E-state index is 10.5. The van der Waals surface area contributed by atoms with E-state index in [1.807, 2.05) is 20.0 Å². The van der Waals surface area contributed by atoms with Gasteiger partial charge >= 0.3 is 0 Å². The minimum absolute atomic E-state index is 0.0666. The lowest BCUT2D eigenvalue weighted by molar-refractivity contribution is 0.0655. The van der Waals surface area contributed by atoms with Gasteiger partial charge in [0, 0.05) is 34.7 Å². The molecular formula is C32H36N4O7S3. The van der Waals surface area contributed by atoms with Crippen LogP contribution in [0.15, 0.2) is 88.8 Å². The predicted molar refractivity (Wildman–Crippen MR) is 177 cm³/mol. The minimum atomic E-state index is -4.02. The molecule has 2 aliphatic rings. The number of benzene rings is 3. The Hall–Kier alpha value is -3.66. The SMILES string of the molecule is CN1C2CCC1CC(Oc1nnc(-c3ccc4[nH]ccc4c3)s1)C2.Cc1ccc(S(=O)(=O)O)cc1.Cc1ccc(S(=O)(=O)O)cc1. The quantitative estimate of drug-likeness (QED) is 0.182. The first kappa shape index (κ1) is 33.7. The zero-order valence-electron chi connectivity index (χ0n) is 25.6. The Balaban J connectivity index is 0.000000158. The molecule has 0 aliphatic carbocycles. The number of nitrogens with one attached hydrogen (secondary N) is 1. The van der Waals surface area contributed by atoms with Crippen LogP contribution in [0.25, 0.3) is 21.5 Å². The second-order valence-corrected chi connectivity index (χ2v) is 15.3. The van der Waals surface area contributed by atoms with E-state index in [0.29, 0.717) is 17.3 Å². The molecule has 7 rings (SSSR count). The van der Waals surface area contributed by atoms with Crippen LogP contribution in [-0.4, -0.2) is 71.3 Å². The first-order chi connectivity index (χ1) is 21.8. The van der Waals surface area contributed by atoms with E-state index in [9.17, 15) is 16.8 Å². The summed E-state index contributed by atoms with van der Waals surface area (Å²) in [6.07, 6.45) is 7.07. The monoisotopic (exact) mass is 684 g/mol. The first-order valence-electron chi connectivity index (χ1n) is 14.6. The molecule has 3 N–H and O–H groups in total. The molecule has 2 bridgehead atoms. The van der Waals surface area contributed by atoms with Crippen LogP contribution in [0.5, 0.6) is 5.19 Å². The van der Waals surface area contributed by atoms with Crippen molar-refractivity contribution in [2.24, 2.45) is 0 Å². The molecule has 2 atom stereocenters. The average molecular weight is 685 g/mol. The van der Waals surface area contributed by atoms with Crippen molar-refractivity contribution in [3.63, 3.8) is 0 Å². The van der Waals surface area contributed by atoms with Gasteiger partial charge in [-0.2, -0.15) is 16.8 Å². The summed E-state index contributed by atoms with van der Waals surface area (Å²) in [5.41, 5.74) is 4.15. The number of hydrogen-bond acceptors (Lipinski definition) is 9. The highest BCUT2D eigenvalue weighted by molar-refractivity contribution is 7.86. The van der Waals surface area contributed by atoms with Crippen LogP contribution in [0, 0.1) is 13.8 Å². The predicted octanol–water partition coefficient (Wildman–Crippen LogP) is 6.17. The summed E-state index contributed by atoms with van der Waals surface area (Å²) in [6.45, 7) is 3.68. The van der Waals surface area contributed by atoms with E-state index in [1.165, 1.54) is 42.5 Å². The highest BCUT2D eigenvalue weighted by Crippen LogP contribution is 2.37. The van der Waals surface area contributed by atoms with Crippen LogP contribution >= 0.6 is 11.3 Å². The third kappa shape index (κ3) is 8.57. The Morgan fingerprint density at radius 3 is 1.87 bits per heavy atom. The van der Waals surface area contributed by atoms with Gasteiger partial charge in [-0.3, -0.25) is 9.11 Å². The topological polar surface area (TPSA) is 163 Å². The van der Waals surface area contributed by atoms with Crippen molar-refractivity contribution in [1.82, 2.24) is 20.1 Å². The summed E-state index contributed by atoms with van der Waals surface area (Å²) in [5, 5.41) is 11.4. The maximum atomic E-state index is 10.5. The summed E-state index contributed by atoms with van der Waals surface area (Å²) in [4.78, 5) is 5.61. The Kier molecular flexibility index (Phi) is 10.2. The van der Waals surface area contributed by atoms with Crippen molar-refractivity contribution < 1.29 is 30.7 Å². The third-order valence-corrected chi connectivity index (χ3v) is 10.8. The lowest BCUT2D eigenvalue weighted by Crippen LogP contribution is -2.43. The highest BCUT2D eigenvalue weighted by atomic mass is 32.2. The molecular weight excluding hydrogens is 649 g/mol. The van der Waals surface area contributed by atoms with Crippen LogP contribution in [-0.2, 0) is 20.2 Å². The van der Waals surface area contributed by atoms with Crippen LogP contribution < -0.4 is 4.74 Å². The van der Waals surface area contributed by atoms with Gasteiger partial charge in [0.1, 0.15) is 6.10 Å². The van der Waals surface area contributed by atoms with Crippen LogP contribution in [0.1, 0.15) is 36.8 Å². The molecule has 0 saturated carbocycles. The van der Waals surface area contributed by atoms with Gasteiger partial charge < -0.3 is 14.6 Å². The molecule has 4 heterocycles. The second kappa shape index (κ2) is 14.0. The molecule has 2 saturated heterocycles. The lowest BCUT2D eigenvalue weighted by atomic mass is 10.0. The number of ether oxygens (including phenoxy) is 1. The number of aromatic nitrogens is 3. The van der Waals surface area contributed by atoms with Gasteiger partial charge in [-0.15, -0.1) is 5.10 Å². The van der Waals surface area contributed by atoms with E-state index in [4.69, 9.17) is 13.8 Å². The van der Waals surface area contributed by atoms with Crippen molar-refractivity contribution in [1.29, 1.82) is 0 Å². The van der Waals surface area contributed by atoms with E-state index in [-0.39, 0.29) is 15.9 Å². The number of H-pyrrole nitrogens is 1. The summed E-state index contributed by atoms with van der Waals surface area (Å²) in [6, 6.07) is 21.7. The molecule has 14 heteroatoms. The smallest absolute Gasteiger partial charge is 0.294 e. The third-order valence-electron chi connectivity index (χ3n) is 8.17. The van der Waals surface area contributed by atoms with Crippen molar-refractivity contribution in [2.75, 3.05) is 7.05 Å². The van der Waals surface area contributed by atoms with Gasteiger partial charge in [-0.25, -0.2) is 0 Å². The molecule has 5 aromatic rings. The molecule has 0 amide bonds. The molecule has 3 aromatic carbocycles. The minimum Gasteiger partial charge on any atom is -0.465 e. The Labute approximate surface area is 272 Å². The van der Waals surface area contributed by atoms with Crippen molar-refractivity contribution in [2.45, 2.75) is 67.5 Å². The molecule has 244 valence electrons. The number of hydrogen-bond donors (Lipinski definition) is 3. The molecule has 46 heavy (non-hydrogen) atoms. The Morgan fingerprint density at radius 1 is 0.804 bits per heavy atom. The van der Waals surface area contributed by atoms with Crippen LogP contribution in [0.4, 0.5) is 0 Å². The van der Waals surface area contributed by atoms with E-state index in [1.54, 1.807) is 35.6 Å². The van der Waals surface area contributed by atoms with Crippen LogP contribution in [0.2, 0.25) is 0 Å². The molecule has 11 nitrogen and oxygen atoms in total. The van der Waals surface area contributed by atoms with E-state index in [2.05, 4.69) is 51.4 Å². The van der Waals surface area contributed by atoms with Gasteiger partial charge in [-0.05, 0) is 95.1 Å². The second-order valence-electron chi connectivity index (χ2n) is 11.5. The van der Waals surface area contributed by atoms with Gasteiger partial charge in [0.2, 0.25) is 0 Å². The van der Waals surface area contributed by atoms with E-state index in [0.717, 1.165) is 40.1 Å². The number of fused-ring (bicyclic) bond motifs is 3. The van der Waals surface area contributed by atoms with Gasteiger partial charge in [0.15, 0.2) is 5.01 Å². The van der Waals surface area contributed by atoms with Gasteiger partial charge in [0.25, 0.3) is 25.4 Å². The summed E-state index contributed by atoms with van der Waals surface area (Å²) in [7, 11) is -5.79. The Morgan fingerprint density at radius 2 is 1.35 bits per heavy atom. The van der Waals surface area contributed by atoms with Crippen molar-refractivity contribution in [3.05, 3.63) is 90.1 Å². The number of nitrogens with zero attached hydrogens (tertiary/aromatic N) is 3. The fourth-order valence-electron chi connectivity index (χ4n) is 5.58. The molecule has 2 aliphatic heterocycles. The molecule has 0 spiro atoms. The average Bonchev–Trinajstić information content (AvgIpc) is 3.71. The largest absolute Gasteiger partial charge is 0.465 e. The molecule has 2 unspecified atom stereocenters. The fraction of sp³-hybridized carbons (Fsp3) is 0.312. The van der Waals surface area contributed by atoms with E-state index < -0.39 is 20.2 Å². The number of rotatable bonds is 5. The zero-order valence-corrected chi connectivity index (χ0v) is 28.0. The normalized spacial score (nSPS) is 19.5. The standard InChI is InChI=1S/C18H20N4OS.2C7H8O3S/c1-22-13-3-4-14(22)10-15(9-13)23-18-21-20-17(24-18)12-2-5-16-11(8-12)6-7-19-16;2*1-6-2-4-7(5-3-6)11(8,9)10/h2,5-8,13-15,19H,3-4,9-10H2,1H3;2*2-5H,1H3,(H,8,9,10). The number of aromatic amines is 1. The number of piperidine rings is 1. The van der Waals surface area contributed by atoms with Gasteiger partial charge in [-0.1, -0.05) is 51.8 Å². The highest BCUT2D eigenvalue weighted by Gasteiger charge is 2.39. The summed E-state index contributed by atoms with van der Waals surface area (Å²) >= 11 is 1.55. The fourth-order valence-corrected chi connectivity index (χ4v) is 7.30. The number of aryl methyl sites for hydroxylation is 2. The van der Waals surface area contributed by atoms with Crippen LogP contribution in [0.3, 0.4) is 0 Å². The lowest BCUT2D eigenvalue weighted by Gasteiger charge is -2.35. The van der Waals surface area contributed by atoms with E-state index >= 15 is 0 Å². The maximum Gasteiger partial charge on any atom is 0.294 e. The van der Waals surface area contributed by atoms with Gasteiger partial charge in [0.05, 0.1) is 9.79 Å². The first-order valence-corrected chi connectivity index (χ1v) is 18.3. The molecule has 2 fully saturated rings.